The van der Waals surface area contributed by atoms with Crippen LogP contribution in [0, 0.1) is 11.3 Å². The number of hydrogen-bond donors (Lipinski definition) is 0. The Hall–Kier alpha value is -7.93. The Morgan fingerprint density at radius 1 is 0.310 bits per heavy atom. The Morgan fingerprint density at radius 2 is 0.655 bits per heavy atom. The second kappa shape index (κ2) is 13.7. The van der Waals surface area contributed by atoms with E-state index in [2.05, 4.69) is 215 Å². The van der Waals surface area contributed by atoms with E-state index in [1.165, 1.54) is 21.8 Å². The Morgan fingerprint density at radius 3 is 1.09 bits per heavy atom. The summed E-state index contributed by atoms with van der Waals surface area (Å²) in [6.07, 6.45) is 0. The van der Waals surface area contributed by atoms with Crippen molar-refractivity contribution in [1.82, 2.24) is 9.13 Å². The zero-order valence-corrected chi connectivity index (χ0v) is 31.5. The summed E-state index contributed by atoms with van der Waals surface area (Å²) in [6, 6.07) is 77.9. The standard InChI is InChI=1S/C55H35N3/c56-36-46-51(37-19-5-1-6-20-37)53(39-23-9-3-10-24-39)55(54(40-25-11-4-12-26-40)52(46)38-21-7-2-8-22-38)58-49-32-18-15-29-44(49)45-35-41(33-34-50(45)58)57-47-30-16-13-27-42(47)43-28-14-17-31-48(43)57/h1-35H. The minimum atomic E-state index is 0.647. The molecule has 11 rings (SSSR count). The Kier molecular flexibility index (Phi) is 7.88. The van der Waals surface area contributed by atoms with Crippen molar-refractivity contribution in [2.75, 3.05) is 0 Å². The molecule has 0 aliphatic carbocycles. The molecule has 0 fully saturated rings. The molecule has 2 aromatic heterocycles. The zero-order chi connectivity index (χ0) is 38.6. The molecule has 3 heteroatoms. The van der Waals surface area contributed by atoms with Gasteiger partial charge in [-0.25, -0.2) is 0 Å². The van der Waals surface area contributed by atoms with Gasteiger partial charge in [-0.15, -0.1) is 0 Å². The molecule has 0 aliphatic rings. The molecule has 9 aromatic carbocycles. The van der Waals surface area contributed by atoms with Crippen molar-refractivity contribution in [3.8, 4) is 62.0 Å². The lowest BCUT2D eigenvalue weighted by Gasteiger charge is -2.27. The predicted octanol–water partition coefficient (Wildman–Crippen LogP) is 14.4. The largest absolute Gasteiger partial charge is 0.309 e. The van der Waals surface area contributed by atoms with Gasteiger partial charge in [0, 0.05) is 49.5 Å². The van der Waals surface area contributed by atoms with Gasteiger partial charge >= 0.3 is 0 Å². The SMILES string of the molecule is N#Cc1c(-c2ccccc2)c(-c2ccccc2)c(-n2c3ccccc3c3cc(-n4c5ccccc5c5ccccc54)ccc32)c(-c2ccccc2)c1-c1ccccc1. The summed E-state index contributed by atoms with van der Waals surface area (Å²) in [5.74, 6) is 0. The third-order valence-electron chi connectivity index (χ3n) is 11.6. The van der Waals surface area contributed by atoms with Gasteiger partial charge in [-0.1, -0.05) is 176 Å². The van der Waals surface area contributed by atoms with E-state index in [-0.39, 0.29) is 0 Å². The molecule has 0 bridgehead atoms. The summed E-state index contributed by atoms with van der Waals surface area (Å²) in [5, 5.41) is 16.2. The Balaban J connectivity index is 1.35. The van der Waals surface area contributed by atoms with Crippen molar-refractivity contribution in [2.24, 2.45) is 0 Å². The fraction of sp³-hybridized carbons (Fsp3) is 0. The molecule has 0 radical (unpaired) electrons. The van der Waals surface area contributed by atoms with Crippen molar-refractivity contribution in [3.63, 3.8) is 0 Å². The molecule has 0 N–H and O–H groups in total. The normalized spacial score (nSPS) is 11.4. The molecule has 11 aromatic rings. The summed E-state index contributed by atoms with van der Waals surface area (Å²) < 4.78 is 4.86. The number of rotatable bonds is 6. The van der Waals surface area contributed by atoms with Crippen molar-refractivity contribution < 1.29 is 0 Å². The summed E-state index contributed by atoms with van der Waals surface area (Å²) in [5.41, 5.74) is 15.2. The molecule has 0 atom stereocenters. The van der Waals surface area contributed by atoms with Crippen molar-refractivity contribution >= 4 is 43.6 Å². The predicted molar refractivity (Wildman–Crippen MR) is 242 cm³/mol. The number of nitriles is 1. The molecule has 270 valence electrons. The number of nitrogens with zero attached hydrogens (tertiary/aromatic N) is 3. The van der Waals surface area contributed by atoms with E-state index < -0.39 is 0 Å². The van der Waals surface area contributed by atoms with Crippen LogP contribution in [0.15, 0.2) is 212 Å². The van der Waals surface area contributed by atoms with Crippen LogP contribution < -0.4 is 0 Å². The monoisotopic (exact) mass is 737 g/mol. The molecule has 0 saturated heterocycles. The lowest BCUT2D eigenvalue weighted by molar-refractivity contribution is 1.17. The molecule has 0 aliphatic heterocycles. The van der Waals surface area contributed by atoms with E-state index in [0.29, 0.717) is 5.56 Å². The van der Waals surface area contributed by atoms with Crippen LogP contribution in [0.25, 0.3) is 99.5 Å². The van der Waals surface area contributed by atoms with Gasteiger partial charge in [0.15, 0.2) is 0 Å². The number of fused-ring (bicyclic) bond motifs is 6. The highest BCUT2D eigenvalue weighted by Crippen LogP contribution is 2.52. The van der Waals surface area contributed by atoms with Gasteiger partial charge < -0.3 is 9.13 Å². The van der Waals surface area contributed by atoms with E-state index in [4.69, 9.17) is 0 Å². The van der Waals surface area contributed by atoms with Gasteiger partial charge in [0.05, 0.1) is 33.3 Å². The van der Waals surface area contributed by atoms with Gasteiger partial charge in [0.2, 0.25) is 0 Å². The fourth-order valence-corrected chi connectivity index (χ4v) is 9.17. The lowest BCUT2D eigenvalue weighted by atomic mass is 9.79. The van der Waals surface area contributed by atoms with E-state index >= 15 is 0 Å². The highest BCUT2D eigenvalue weighted by atomic mass is 15.0. The first-order chi connectivity index (χ1) is 28.8. The van der Waals surface area contributed by atoms with E-state index in [9.17, 15) is 5.26 Å². The van der Waals surface area contributed by atoms with Crippen LogP contribution in [0.3, 0.4) is 0 Å². The summed E-state index contributed by atoms with van der Waals surface area (Å²) in [7, 11) is 0. The Bertz CT molecular complexity index is 3210. The lowest BCUT2D eigenvalue weighted by Crippen LogP contribution is -2.07. The van der Waals surface area contributed by atoms with Crippen LogP contribution in [-0.4, -0.2) is 9.13 Å². The van der Waals surface area contributed by atoms with Crippen LogP contribution in [-0.2, 0) is 0 Å². The third kappa shape index (κ3) is 5.13. The maximum absolute atomic E-state index is 11.4. The summed E-state index contributed by atoms with van der Waals surface area (Å²) in [6.45, 7) is 0. The van der Waals surface area contributed by atoms with Gasteiger partial charge in [0.1, 0.15) is 6.07 Å². The summed E-state index contributed by atoms with van der Waals surface area (Å²) in [4.78, 5) is 0. The van der Waals surface area contributed by atoms with E-state index in [1.54, 1.807) is 0 Å². The maximum Gasteiger partial charge on any atom is 0.100 e. The first kappa shape index (κ1) is 33.4. The highest BCUT2D eigenvalue weighted by Gasteiger charge is 2.30. The molecule has 0 amide bonds. The van der Waals surface area contributed by atoms with Crippen LogP contribution in [0.2, 0.25) is 0 Å². The van der Waals surface area contributed by atoms with Crippen LogP contribution in [0.5, 0.6) is 0 Å². The molecular weight excluding hydrogens is 703 g/mol. The second-order valence-electron chi connectivity index (χ2n) is 14.7. The van der Waals surface area contributed by atoms with Crippen LogP contribution in [0.4, 0.5) is 0 Å². The van der Waals surface area contributed by atoms with Crippen molar-refractivity contribution in [1.29, 1.82) is 5.26 Å². The van der Waals surface area contributed by atoms with Crippen molar-refractivity contribution in [2.45, 2.75) is 0 Å². The summed E-state index contributed by atoms with van der Waals surface area (Å²) >= 11 is 0. The average Bonchev–Trinajstić information content (AvgIpc) is 3.81. The zero-order valence-electron chi connectivity index (χ0n) is 31.5. The molecule has 0 saturated carbocycles. The molecule has 2 heterocycles. The quantitative estimate of drug-likeness (QED) is 0.167. The second-order valence-corrected chi connectivity index (χ2v) is 14.7. The minimum Gasteiger partial charge on any atom is -0.309 e. The maximum atomic E-state index is 11.4. The van der Waals surface area contributed by atoms with Gasteiger partial charge in [0.25, 0.3) is 0 Å². The van der Waals surface area contributed by atoms with Crippen LogP contribution >= 0.6 is 0 Å². The van der Waals surface area contributed by atoms with Crippen LogP contribution in [0.1, 0.15) is 5.56 Å². The average molecular weight is 738 g/mol. The Labute approximate surface area is 336 Å². The molecule has 0 spiro atoms. The number of hydrogen-bond acceptors (Lipinski definition) is 1. The number of benzene rings is 9. The highest BCUT2D eigenvalue weighted by molar-refractivity contribution is 6.15. The molecule has 58 heavy (non-hydrogen) atoms. The van der Waals surface area contributed by atoms with Gasteiger partial charge in [-0.05, 0) is 58.7 Å². The first-order valence-corrected chi connectivity index (χ1v) is 19.7. The van der Waals surface area contributed by atoms with E-state index in [1.807, 2.05) is 12.1 Å². The van der Waals surface area contributed by atoms with Gasteiger partial charge in [-0.2, -0.15) is 5.26 Å². The minimum absolute atomic E-state index is 0.647. The van der Waals surface area contributed by atoms with E-state index in [0.717, 1.165) is 77.7 Å². The number of aromatic nitrogens is 2. The van der Waals surface area contributed by atoms with Gasteiger partial charge in [-0.3, -0.25) is 0 Å². The number of para-hydroxylation sites is 3. The molecule has 3 nitrogen and oxygen atoms in total. The first-order valence-electron chi connectivity index (χ1n) is 19.7. The van der Waals surface area contributed by atoms with Crippen molar-refractivity contribution in [3.05, 3.63) is 218 Å². The topological polar surface area (TPSA) is 33.6 Å². The molecule has 0 unspecified atom stereocenters. The molecular formula is C55H35N3. The smallest absolute Gasteiger partial charge is 0.100 e. The fourth-order valence-electron chi connectivity index (χ4n) is 9.17. The third-order valence-corrected chi connectivity index (χ3v) is 11.6.